The highest BCUT2D eigenvalue weighted by Gasteiger charge is 2.34. The van der Waals surface area contributed by atoms with Crippen molar-refractivity contribution in [1.82, 2.24) is 18.7 Å². The Morgan fingerprint density at radius 2 is 1.75 bits per heavy atom. The Hall–Kier alpha value is -5.68. The van der Waals surface area contributed by atoms with Crippen molar-refractivity contribution in [2.45, 2.75) is 31.7 Å². The van der Waals surface area contributed by atoms with E-state index in [1.54, 1.807) is 73.3 Å². The molecule has 1 fully saturated rings. The number of para-hydroxylation sites is 1. The maximum Gasteiger partial charge on any atom is 0.338 e. The van der Waals surface area contributed by atoms with Gasteiger partial charge in [0, 0.05) is 37.3 Å². The molecule has 55 heavy (non-hydrogen) atoms. The fraction of sp³-hybridized carbons (Fsp3) is 0.256. The van der Waals surface area contributed by atoms with Crippen molar-refractivity contribution in [3.8, 4) is 28.4 Å². The summed E-state index contributed by atoms with van der Waals surface area (Å²) in [5.41, 5.74) is 3.14. The van der Waals surface area contributed by atoms with Gasteiger partial charge in [0.2, 0.25) is 10.0 Å². The molecule has 1 unspecified atom stereocenters. The second-order valence-corrected chi connectivity index (χ2v) is 15.5. The maximum atomic E-state index is 14.5. The predicted molar refractivity (Wildman–Crippen MR) is 203 cm³/mol. The number of esters is 2. The lowest BCUT2D eigenvalue weighted by Crippen LogP contribution is -2.40. The predicted octanol–water partition coefficient (Wildman–Crippen LogP) is 3.61. The topological polar surface area (TPSA) is 161 Å². The lowest BCUT2D eigenvalue weighted by Gasteiger charge is -2.26. The van der Waals surface area contributed by atoms with Gasteiger partial charge in [0.1, 0.15) is 0 Å². The quantitative estimate of drug-likeness (QED) is 0.151. The Bertz CT molecular complexity index is 2610. The van der Waals surface area contributed by atoms with Crippen molar-refractivity contribution in [1.29, 1.82) is 0 Å². The molecule has 0 spiro atoms. The molecule has 1 atom stereocenters. The Labute approximate surface area is 320 Å². The molecule has 1 saturated heterocycles. The number of hydrogen-bond donors (Lipinski definition) is 0. The number of benzene rings is 3. The number of sulfonamides is 1. The van der Waals surface area contributed by atoms with Crippen LogP contribution in [-0.2, 0) is 29.1 Å². The van der Waals surface area contributed by atoms with E-state index in [4.69, 9.17) is 24.0 Å². The summed E-state index contributed by atoms with van der Waals surface area (Å²) in [5.74, 6) is -0.754. The number of hydrogen-bond acceptors (Lipinski definition) is 12. The highest BCUT2D eigenvalue weighted by atomic mass is 32.2. The lowest BCUT2D eigenvalue weighted by atomic mass is 9.95. The number of rotatable bonds is 10. The molecule has 2 aliphatic rings. The van der Waals surface area contributed by atoms with E-state index >= 15 is 0 Å². The van der Waals surface area contributed by atoms with Crippen LogP contribution in [0, 0.1) is 0 Å². The summed E-state index contributed by atoms with van der Waals surface area (Å²) >= 11 is 1.15. The number of fused-ring (bicyclic) bond motifs is 1. The minimum atomic E-state index is -3.72. The second-order valence-electron chi connectivity index (χ2n) is 12.6. The van der Waals surface area contributed by atoms with E-state index in [2.05, 4.69) is 4.99 Å². The van der Waals surface area contributed by atoms with E-state index in [9.17, 15) is 22.8 Å². The zero-order valence-corrected chi connectivity index (χ0v) is 32.1. The molecule has 14 nitrogen and oxygen atoms in total. The number of allylic oxidation sites excluding steroid dienone is 1. The van der Waals surface area contributed by atoms with Gasteiger partial charge in [-0.2, -0.15) is 9.40 Å². The average Bonchev–Trinajstić information content (AvgIpc) is 3.75. The smallest absolute Gasteiger partial charge is 0.338 e. The summed E-state index contributed by atoms with van der Waals surface area (Å²) in [4.78, 5) is 44.9. The van der Waals surface area contributed by atoms with Gasteiger partial charge >= 0.3 is 11.9 Å². The molecule has 0 aliphatic carbocycles. The summed E-state index contributed by atoms with van der Waals surface area (Å²) in [7, 11) is -2.30. The summed E-state index contributed by atoms with van der Waals surface area (Å²) in [6, 6.07) is 19.8. The van der Waals surface area contributed by atoms with Crippen molar-refractivity contribution in [3.63, 3.8) is 0 Å². The Morgan fingerprint density at radius 1 is 1.02 bits per heavy atom. The molecule has 2 aromatic heterocycles. The van der Waals surface area contributed by atoms with Crippen molar-refractivity contribution in [3.05, 3.63) is 121 Å². The van der Waals surface area contributed by atoms with Gasteiger partial charge in [0.15, 0.2) is 16.3 Å². The first kappa shape index (κ1) is 37.6. The first-order valence-electron chi connectivity index (χ1n) is 17.4. The minimum Gasteiger partial charge on any atom is -0.493 e. The lowest BCUT2D eigenvalue weighted by molar-refractivity contribution is -0.139. The molecule has 16 heteroatoms. The Morgan fingerprint density at radius 3 is 2.42 bits per heavy atom. The second kappa shape index (κ2) is 15.6. The molecule has 0 amide bonds. The molecule has 3 aromatic carbocycles. The molecular weight excluding hydrogens is 747 g/mol. The Kier molecular flexibility index (Phi) is 10.7. The van der Waals surface area contributed by atoms with Crippen LogP contribution in [0.15, 0.2) is 105 Å². The van der Waals surface area contributed by atoms with Crippen molar-refractivity contribution in [2.75, 3.05) is 40.0 Å². The van der Waals surface area contributed by atoms with Crippen LogP contribution in [0.25, 0.3) is 23.0 Å². The summed E-state index contributed by atoms with van der Waals surface area (Å²) in [6.45, 7) is 5.99. The van der Waals surface area contributed by atoms with E-state index in [1.807, 2.05) is 30.3 Å². The zero-order valence-electron chi connectivity index (χ0n) is 30.4. The highest BCUT2D eigenvalue weighted by molar-refractivity contribution is 7.89. The van der Waals surface area contributed by atoms with Gasteiger partial charge in [0.25, 0.3) is 5.56 Å². The number of carbonyl (C=O) groups excluding carboxylic acids is 2. The minimum absolute atomic E-state index is 0.107. The van der Waals surface area contributed by atoms with Gasteiger partial charge in [-0.25, -0.2) is 22.9 Å². The van der Waals surface area contributed by atoms with Crippen LogP contribution < -0.4 is 24.4 Å². The fourth-order valence-corrected chi connectivity index (χ4v) is 8.94. The van der Waals surface area contributed by atoms with Crippen LogP contribution in [0.4, 0.5) is 0 Å². The normalized spacial score (nSPS) is 16.4. The molecule has 284 valence electrons. The van der Waals surface area contributed by atoms with Gasteiger partial charge in [-0.3, -0.25) is 14.2 Å². The number of methoxy groups -OCH3 is 1. The third-order valence-electron chi connectivity index (χ3n) is 9.06. The third-order valence-corrected chi connectivity index (χ3v) is 12.0. The first-order valence-corrected chi connectivity index (χ1v) is 19.6. The summed E-state index contributed by atoms with van der Waals surface area (Å²) < 4.78 is 53.2. The molecule has 0 N–H and O–H groups in total. The molecule has 4 heterocycles. The molecule has 5 aromatic rings. The number of ether oxygens (including phenoxy) is 4. The van der Waals surface area contributed by atoms with Crippen LogP contribution in [0.5, 0.6) is 11.5 Å². The highest BCUT2D eigenvalue weighted by Crippen LogP contribution is 2.36. The first-order chi connectivity index (χ1) is 26.5. The van der Waals surface area contributed by atoms with E-state index in [0.29, 0.717) is 50.6 Å². The number of thiazole rings is 1. The number of aromatic nitrogens is 3. The van der Waals surface area contributed by atoms with Crippen LogP contribution in [0.3, 0.4) is 0 Å². The monoisotopic (exact) mass is 783 g/mol. The van der Waals surface area contributed by atoms with Crippen molar-refractivity contribution in [2.24, 2.45) is 4.99 Å². The van der Waals surface area contributed by atoms with E-state index in [0.717, 1.165) is 17.0 Å². The molecule has 0 saturated carbocycles. The molecule has 7 rings (SSSR count). The van der Waals surface area contributed by atoms with Crippen LogP contribution in [0.1, 0.15) is 37.9 Å². The standard InChI is InChI=1S/C39H37N5O9S2/c1-5-52-38(47)34-24(2)40-39-44(36(34)27-13-16-31(53-25(3)45)32(21-27)50-4)37(46)33(54-39)22-28-23-43(29-9-7-6-8-10-29)41-35(28)26-11-14-30(15-12-26)55(48,49)42-17-19-51-20-18-42/h6-16,21-23,36H,5,17-20H2,1-4H3. The fourth-order valence-electron chi connectivity index (χ4n) is 6.49. The van der Waals surface area contributed by atoms with E-state index in [1.165, 1.54) is 22.9 Å². The largest absolute Gasteiger partial charge is 0.493 e. The van der Waals surface area contributed by atoms with Crippen LogP contribution in [-0.4, -0.2) is 79.0 Å². The zero-order chi connectivity index (χ0) is 38.9. The third kappa shape index (κ3) is 7.41. The SMILES string of the molecule is CCOC(=O)C1=C(C)N=c2sc(=Cc3cn(-c4ccccc4)nc3-c3ccc(S(=O)(=O)N4CCOCC4)cc3)c(=O)n2C1c1ccc(OC(C)=O)c(OC)c1. The molecule has 0 radical (unpaired) electrons. The molecular formula is C39H37N5O9S2. The van der Waals surface area contributed by atoms with Gasteiger partial charge in [-0.05, 0) is 61.9 Å². The van der Waals surface area contributed by atoms with E-state index in [-0.39, 0.29) is 41.7 Å². The number of morpholine rings is 1. The number of carbonyl (C=O) groups is 2. The number of nitrogens with zero attached hydrogens (tertiary/aromatic N) is 5. The van der Waals surface area contributed by atoms with Crippen LogP contribution >= 0.6 is 11.3 Å². The van der Waals surface area contributed by atoms with E-state index < -0.39 is 33.6 Å². The summed E-state index contributed by atoms with van der Waals surface area (Å²) in [5, 5.41) is 4.88. The van der Waals surface area contributed by atoms with Gasteiger partial charge in [-0.15, -0.1) is 0 Å². The van der Waals surface area contributed by atoms with Crippen LogP contribution in [0.2, 0.25) is 0 Å². The molecule has 2 aliphatic heterocycles. The summed E-state index contributed by atoms with van der Waals surface area (Å²) in [6.07, 6.45) is 3.52. The van der Waals surface area contributed by atoms with Crippen molar-refractivity contribution < 1.29 is 37.0 Å². The van der Waals surface area contributed by atoms with Gasteiger partial charge in [0.05, 0.1) is 65.1 Å². The maximum absolute atomic E-state index is 14.5. The molecule has 0 bridgehead atoms. The van der Waals surface area contributed by atoms with Gasteiger partial charge in [-0.1, -0.05) is 47.7 Å². The Balaban J connectivity index is 1.37. The van der Waals surface area contributed by atoms with Gasteiger partial charge < -0.3 is 18.9 Å². The average molecular weight is 784 g/mol. The van der Waals surface area contributed by atoms with Crippen molar-refractivity contribution >= 4 is 39.4 Å².